The van der Waals surface area contributed by atoms with Crippen molar-refractivity contribution in [2.24, 2.45) is 0 Å². The summed E-state index contributed by atoms with van der Waals surface area (Å²) in [6.45, 7) is 8.76. The van der Waals surface area contributed by atoms with Crippen LogP contribution in [0.4, 0.5) is 16.4 Å². The van der Waals surface area contributed by atoms with Gasteiger partial charge in [0.2, 0.25) is 5.95 Å². The Morgan fingerprint density at radius 3 is 2.31 bits per heavy atom. The molecule has 1 aliphatic heterocycles. The number of nitrogens with zero attached hydrogens (tertiary/aromatic N) is 5. The molecule has 0 atom stereocenters. The second-order valence-corrected chi connectivity index (χ2v) is 6.83. The van der Waals surface area contributed by atoms with Crippen molar-refractivity contribution >= 4 is 23.6 Å². The number of ether oxygens (including phenoxy) is 1. The van der Waals surface area contributed by atoms with Crippen LogP contribution >= 0.6 is 0 Å². The lowest BCUT2D eigenvalue weighted by Gasteiger charge is -2.34. The van der Waals surface area contributed by atoms with Crippen LogP contribution in [0.15, 0.2) is 36.7 Å². The van der Waals surface area contributed by atoms with Gasteiger partial charge in [0.05, 0.1) is 12.2 Å². The fourth-order valence-corrected chi connectivity index (χ4v) is 3.30. The van der Waals surface area contributed by atoms with Gasteiger partial charge in [0.25, 0.3) is 5.91 Å². The number of aryl methyl sites for hydroxylation is 1. The lowest BCUT2D eigenvalue weighted by atomic mass is 10.2. The Balaban J connectivity index is 1.65. The predicted molar refractivity (Wildman–Crippen MR) is 110 cm³/mol. The smallest absolute Gasteiger partial charge is 0.409 e. The van der Waals surface area contributed by atoms with Gasteiger partial charge in [-0.2, -0.15) is 0 Å². The summed E-state index contributed by atoms with van der Waals surface area (Å²) in [6, 6.07) is 8.14. The molecule has 2 amide bonds. The summed E-state index contributed by atoms with van der Waals surface area (Å²) < 4.78 is 5.01. The van der Waals surface area contributed by atoms with Gasteiger partial charge in [-0.15, -0.1) is 0 Å². The molecule has 0 saturated carbocycles. The van der Waals surface area contributed by atoms with Crippen LogP contribution < -0.4 is 4.90 Å². The molecule has 1 fully saturated rings. The van der Waals surface area contributed by atoms with Crippen molar-refractivity contribution in [3.8, 4) is 0 Å². The summed E-state index contributed by atoms with van der Waals surface area (Å²) in [6.07, 6.45) is 2.81. The highest BCUT2D eigenvalue weighted by Gasteiger charge is 2.26. The van der Waals surface area contributed by atoms with Gasteiger partial charge < -0.3 is 19.4 Å². The molecule has 1 saturated heterocycles. The highest BCUT2D eigenvalue weighted by molar-refractivity contribution is 5.94. The van der Waals surface area contributed by atoms with Gasteiger partial charge >= 0.3 is 6.09 Å². The number of carbonyl (C=O) groups excluding carboxylic acids is 2. The van der Waals surface area contributed by atoms with Crippen LogP contribution in [-0.4, -0.2) is 71.1 Å². The molecular formula is C21H27N5O3. The Morgan fingerprint density at radius 1 is 1.07 bits per heavy atom. The first kappa shape index (κ1) is 20.6. The van der Waals surface area contributed by atoms with Crippen LogP contribution in [0.2, 0.25) is 0 Å². The minimum atomic E-state index is -0.330. The van der Waals surface area contributed by atoms with E-state index in [0.717, 1.165) is 11.3 Å². The zero-order chi connectivity index (χ0) is 20.8. The van der Waals surface area contributed by atoms with Crippen LogP contribution in [0.25, 0.3) is 0 Å². The molecule has 2 heterocycles. The van der Waals surface area contributed by atoms with Gasteiger partial charge in [-0.05, 0) is 38.5 Å². The average Bonchev–Trinajstić information content (AvgIpc) is 2.75. The molecule has 0 spiro atoms. The van der Waals surface area contributed by atoms with Crippen molar-refractivity contribution < 1.29 is 14.3 Å². The molecule has 1 aliphatic rings. The maximum atomic E-state index is 12.8. The summed E-state index contributed by atoms with van der Waals surface area (Å²) in [5.74, 6) is 0.431. The van der Waals surface area contributed by atoms with Crippen LogP contribution in [-0.2, 0) is 4.74 Å². The number of hydrogen-bond acceptors (Lipinski definition) is 6. The topological polar surface area (TPSA) is 78.9 Å². The first-order chi connectivity index (χ1) is 14.0. The molecular weight excluding hydrogens is 370 g/mol. The highest BCUT2D eigenvalue weighted by Crippen LogP contribution is 2.22. The summed E-state index contributed by atoms with van der Waals surface area (Å²) in [5.41, 5.74) is 2.62. The van der Waals surface area contributed by atoms with Crippen LogP contribution in [0.1, 0.15) is 29.8 Å². The average molecular weight is 397 g/mol. The number of carbonyl (C=O) groups is 2. The SMILES string of the molecule is CCOC(=O)N1CCN(C(=O)c2cnc(N(CC)c3cccc(C)c3)nc2)CC1. The van der Waals surface area contributed by atoms with Crippen LogP contribution in [0, 0.1) is 6.92 Å². The molecule has 154 valence electrons. The van der Waals surface area contributed by atoms with E-state index < -0.39 is 0 Å². The Bertz CT molecular complexity index is 848. The lowest BCUT2D eigenvalue weighted by Crippen LogP contribution is -2.50. The molecule has 1 aromatic heterocycles. The predicted octanol–water partition coefficient (Wildman–Crippen LogP) is 2.86. The lowest BCUT2D eigenvalue weighted by molar-refractivity contribution is 0.0570. The van der Waals surface area contributed by atoms with E-state index in [9.17, 15) is 9.59 Å². The Labute approximate surface area is 171 Å². The molecule has 29 heavy (non-hydrogen) atoms. The third-order valence-corrected chi connectivity index (χ3v) is 4.85. The van der Waals surface area contributed by atoms with Crippen molar-refractivity contribution in [1.82, 2.24) is 19.8 Å². The van der Waals surface area contributed by atoms with E-state index >= 15 is 0 Å². The highest BCUT2D eigenvalue weighted by atomic mass is 16.6. The van der Waals surface area contributed by atoms with Crippen molar-refractivity contribution in [3.63, 3.8) is 0 Å². The summed E-state index contributed by atoms with van der Waals surface area (Å²) in [5, 5.41) is 0. The minimum absolute atomic E-state index is 0.126. The van der Waals surface area contributed by atoms with E-state index in [2.05, 4.69) is 16.0 Å². The maximum Gasteiger partial charge on any atom is 0.409 e. The van der Waals surface area contributed by atoms with Crippen molar-refractivity contribution in [3.05, 3.63) is 47.8 Å². The molecule has 0 bridgehead atoms. The summed E-state index contributed by atoms with van der Waals surface area (Å²) in [4.78, 5) is 38.7. The van der Waals surface area contributed by atoms with Gasteiger partial charge in [-0.1, -0.05) is 12.1 Å². The number of rotatable bonds is 5. The zero-order valence-corrected chi connectivity index (χ0v) is 17.2. The molecule has 8 nitrogen and oxygen atoms in total. The third kappa shape index (κ3) is 4.82. The van der Waals surface area contributed by atoms with E-state index in [-0.39, 0.29) is 12.0 Å². The van der Waals surface area contributed by atoms with Crippen molar-refractivity contribution in [2.45, 2.75) is 20.8 Å². The zero-order valence-electron chi connectivity index (χ0n) is 17.2. The third-order valence-electron chi connectivity index (χ3n) is 4.85. The maximum absolute atomic E-state index is 12.8. The standard InChI is InChI=1S/C21H27N5O3/c1-4-26(18-8-6-7-16(3)13-18)20-22-14-17(15-23-20)19(27)24-9-11-25(12-10-24)21(28)29-5-2/h6-8,13-15H,4-5,9-12H2,1-3H3. The van der Waals surface area contributed by atoms with Crippen LogP contribution in [0.5, 0.6) is 0 Å². The molecule has 0 radical (unpaired) electrons. The Hall–Kier alpha value is -3.16. The fraction of sp³-hybridized carbons (Fsp3) is 0.429. The van der Waals surface area contributed by atoms with Gasteiger partial charge in [0.15, 0.2) is 0 Å². The number of hydrogen-bond donors (Lipinski definition) is 0. The van der Waals surface area contributed by atoms with Gasteiger partial charge in [-0.3, -0.25) is 4.79 Å². The van der Waals surface area contributed by atoms with Crippen molar-refractivity contribution in [1.29, 1.82) is 0 Å². The summed E-state index contributed by atoms with van der Waals surface area (Å²) >= 11 is 0. The van der Waals surface area contributed by atoms with Gasteiger partial charge in [0, 0.05) is 50.8 Å². The molecule has 0 aliphatic carbocycles. The fourth-order valence-electron chi connectivity index (χ4n) is 3.30. The van der Waals surface area contributed by atoms with E-state index in [1.54, 1.807) is 29.1 Å². The first-order valence-corrected chi connectivity index (χ1v) is 9.90. The second-order valence-electron chi connectivity index (χ2n) is 6.83. The van der Waals surface area contributed by atoms with Crippen molar-refractivity contribution in [2.75, 3.05) is 44.2 Å². The molecule has 3 rings (SSSR count). The molecule has 8 heteroatoms. The molecule has 1 aromatic carbocycles. The van der Waals surface area contributed by atoms with Crippen LogP contribution in [0.3, 0.4) is 0 Å². The number of anilines is 2. The number of amides is 2. The molecule has 0 N–H and O–H groups in total. The van der Waals surface area contributed by atoms with Gasteiger partial charge in [0.1, 0.15) is 0 Å². The molecule has 2 aromatic rings. The summed E-state index contributed by atoms with van der Waals surface area (Å²) in [7, 11) is 0. The van der Waals surface area contributed by atoms with E-state index in [1.165, 1.54) is 0 Å². The largest absolute Gasteiger partial charge is 0.450 e. The van der Waals surface area contributed by atoms with E-state index in [0.29, 0.717) is 50.8 Å². The minimum Gasteiger partial charge on any atom is -0.450 e. The Kier molecular flexibility index (Phi) is 6.64. The number of benzene rings is 1. The Morgan fingerprint density at radius 2 is 1.72 bits per heavy atom. The number of aromatic nitrogens is 2. The normalized spacial score (nSPS) is 13.9. The van der Waals surface area contributed by atoms with E-state index in [1.807, 2.05) is 36.9 Å². The quantitative estimate of drug-likeness (QED) is 0.772. The van der Waals surface area contributed by atoms with E-state index in [4.69, 9.17) is 4.74 Å². The monoisotopic (exact) mass is 397 g/mol. The van der Waals surface area contributed by atoms with Gasteiger partial charge in [-0.25, -0.2) is 14.8 Å². The number of piperazine rings is 1. The first-order valence-electron chi connectivity index (χ1n) is 9.90. The molecule has 0 unspecified atom stereocenters. The second kappa shape index (κ2) is 9.36.